The standard InChI is InChI=1S/C21H37N.ClH/c1-20-16-13-14-18-21(20)17-12-10-8-6-4-5-7-9-11-15-19-22(2)3;/h13-14,16,18H,4-12,15,17,19H2,1-3H3;1H. The van der Waals surface area contributed by atoms with Crippen LogP contribution in [0, 0.1) is 6.92 Å². The molecule has 1 nitrogen and oxygen atoms in total. The van der Waals surface area contributed by atoms with Gasteiger partial charge in [0.15, 0.2) is 0 Å². The molecule has 0 heterocycles. The number of nitrogens with one attached hydrogen (secondary N) is 1. The average molecular weight is 340 g/mol. The number of unbranched alkanes of at least 4 members (excludes halogenated alkanes) is 9. The first-order valence-corrected chi connectivity index (χ1v) is 9.53. The predicted molar refractivity (Wildman–Crippen MR) is 98.7 cm³/mol. The van der Waals surface area contributed by atoms with Crippen molar-refractivity contribution in [1.82, 2.24) is 0 Å². The van der Waals surface area contributed by atoms with Crippen molar-refractivity contribution >= 4 is 0 Å². The van der Waals surface area contributed by atoms with E-state index in [1.165, 1.54) is 82.7 Å². The summed E-state index contributed by atoms with van der Waals surface area (Å²) in [6, 6.07) is 8.82. The Labute approximate surface area is 151 Å². The van der Waals surface area contributed by atoms with E-state index in [2.05, 4.69) is 45.3 Å². The number of aryl methyl sites for hydroxylation is 2. The van der Waals surface area contributed by atoms with Crippen molar-refractivity contribution in [3.05, 3.63) is 35.4 Å². The van der Waals surface area contributed by atoms with Crippen LogP contribution < -0.4 is 17.3 Å². The van der Waals surface area contributed by atoms with Crippen LogP contribution in [0.1, 0.15) is 75.3 Å². The van der Waals surface area contributed by atoms with Gasteiger partial charge in [0.2, 0.25) is 0 Å². The maximum absolute atomic E-state index is 2.28. The van der Waals surface area contributed by atoms with Crippen molar-refractivity contribution < 1.29 is 17.3 Å². The lowest BCUT2D eigenvalue weighted by Gasteiger charge is -2.07. The molecule has 23 heavy (non-hydrogen) atoms. The summed E-state index contributed by atoms with van der Waals surface area (Å²) in [6.45, 7) is 3.57. The maximum atomic E-state index is 2.28. The largest absolute Gasteiger partial charge is 1.00 e. The van der Waals surface area contributed by atoms with Gasteiger partial charge in [-0.2, -0.15) is 0 Å². The Bertz CT molecular complexity index is 376. The molecule has 0 amide bonds. The molecule has 1 aromatic carbocycles. The van der Waals surface area contributed by atoms with Gasteiger partial charge in [0, 0.05) is 0 Å². The molecule has 0 saturated heterocycles. The Hall–Kier alpha value is -0.530. The zero-order valence-corrected chi connectivity index (χ0v) is 16.4. The molecule has 0 radical (unpaired) electrons. The summed E-state index contributed by atoms with van der Waals surface area (Å²) in [4.78, 5) is 1.59. The first-order valence-electron chi connectivity index (χ1n) is 9.53. The first-order chi connectivity index (χ1) is 10.7. The van der Waals surface area contributed by atoms with E-state index >= 15 is 0 Å². The Morgan fingerprint density at radius 1 is 0.696 bits per heavy atom. The normalized spacial score (nSPS) is 10.8. The molecular weight excluding hydrogens is 302 g/mol. The summed E-state index contributed by atoms with van der Waals surface area (Å²) < 4.78 is 0. The van der Waals surface area contributed by atoms with Gasteiger partial charge in [0.1, 0.15) is 0 Å². The molecule has 1 N–H and O–H groups in total. The maximum Gasteiger partial charge on any atom is 0.0766 e. The highest BCUT2D eigenvalue weighted by Gasteiger charge is 1.98. The third-order valence-corrected chi connectivity index (χ3v) is 4.63. The van der Waals surface area contributed by atoms with Crippen LogP contribution in [0.4, 0.5) is 0 Å². The smallest absolute Gasteiger partial charge is 0.0766 e. The van der Waals surface area contributed by atoms with Gasteiger partial charge < -0.3 is 17.3 Å². The van der Waals surface area contributed by atoms with E-state index in [9.17, 15) is 0 Å². The lowest BCUT2D eigenvalue weighted by Crippen LogP contribution is -3.05. The number of hydrogen-bond acceptors (Lipinski definition) is 0. The van der Waals surface area contributed by atoms with E-state index in [4.69, 9.17) is 0 Å². The second-order valence-electron chi connectivity index (χ2n) is 7.17. The Morgan fingerprint density at radius 3 is 1.70 bits per heavy atom. The number of hydrogen-bond donors (Lipinski definition) is 1. The van der Waals surface area contributed by atoms with Crippen LogP contribution in [0.2, 0.25) is 0 Å². The molecule has 0 aliphatic rings. The summed E-state index contributed by atoms with van der Waals surface area (Å²) in [5.41, 5.74) is 3.00. The molecule has 0 aromatic heterocycles. The van der Waals surface area contributed by atoms with Gasteiger partial charge in [-0.15, -0.1) is 0 Å². The molecule has 0 fully saturated rings. The lowest BCUT2D eigenvalue weighted by molar-refractivity contribution is -0.858. The molecule has 1 rings (SSSR count). The van der Waals surface area contributed by atoms with E-state index in [0.717, 1.165) is 0 Å². The number of quaternary nitrogens is 1. The lowest BCUT2D eigenvalue weighted by atomic mass is 10.0. The van der Waals surface area contributed by atoms with Crippen LogP contribution in [0.5, 0.6) is 0 Å². The fourth-order valence-corrected chi connectivity index (χ4v) is 3.10. The van der Waals surface area contributed by atoms with Crippen molar-refractivity contribution in [2.75, 3.05) is 20.6 Å². The second kappa shape index (κ2) is 15.0. The van der Waals surface area contributed by atoms with Gasteiger partial charge in [-0.1, -0.05) is 69.2 Å². The van der Waals surface area contributed by atoms with Crippen LogP contribution in [0.3, 0.4) is 0 Å². The molecule has 0 spiro atoms. The number of benzene rings is 1. The van der Waals surface area contributed by atoms with Gasteiger partial charge >= 0.3 is 0 Å². The van der Waals surface area contributed by atoms with Gasteiger partial charge in [-0.05, 0) is 43.7 Å². The minimum absolute atomic E-state index is 0. The van der Waals surface area contributed by atoms with E-state index in [0.29, 0.717) is 0 Å². The fraction of sp³-hybridized carbons (Fsp3) is 0.714. The van der Waals surface area contributed by atoms with E-state index in [1.54, 1.807) is 10.5 Å². The zero-order chi connectivity index (χ0) is 16.0. The van der Waals surface area contributed by atoms with Crippen LogP contribution in [0.25, 0.3) is 0 Å². The van der Waals surface area contributed by atoms with E-state index in [1.807, 2.05) is 0 Å². The SMILES string of the molecule is Cc1ccccc1CCCCCCCCCCCC[NH+](C)C.[Cl-]. The molecular formula is C21H38ClN. The molecule has 0 aliphatic heterocycles. The van der Waals surface area contributed by atoms with Crippen molar-refractivity contribution in [3.63, 3.8) is 0 Å². The molecule has 134 valence electrons. The molecule has 1 aromatic rings. The van der Waals surface area contributed by atoms with Crippen molar-refractivity contribution in [1.29, 1.82) is 0 Å². The topological polar surface area (TPSA) is 4.44 Å². The summed E-state index contributed by atoms with van der Waals surface area (Å²) in [5, 5.41) is 0. The third-order valence-electron chi connectivity index (χ3n) is 4.63. The second-order valence-corrected chi connectivity index (χ2v) is 7.17. The quantitative estimate of drug-likeness (QED) is 0.521. The van der Waals surface area contributed by atoms with Crippen LogP contribution >= 0.6 is 0 Å². The van der Waals surface area contributed by atoms with Crippen molar-refractivity contribution in [2.24, 2.45) is 0 Å². The Morgan fingerprint density at radius 2 is 1.17 bits per heavy atom. The molecule has 0 aliphatic carbocycles. The summed E-state index contributed by atoms with van der Waals surface area (Å²) >= 11 is 0. The van der Waals surface area contributed by atoms with Gasteiger partial charge in [0.25, 0.3) is 0 Å². The van der Waals surface area contributed by atoms with Crippen LogP contribution in [-0.4, -0.2) is 20.6 Å². The predicted octanol–water partition coefficient (Wildman–Crippen LogP) is 1.59. The Balaban J connectivity index is 0.00000484. The summed E-state index contributed by atoms with van der Waals surface area (Å²) in [6.07, 6.45) is 15.5. The molecule has 2 heteroatoms. The molecule has 0 unspecified atom stereocenters. The van der Waals surface area contributed by atoms with Crippen LogP contribution in [0.15, 0.2) is 24.3 Å². The van der Waals surface area contributed by atoms with Crippen molar-refractivity contribution in [3.8, 4) is 0 Å². The summed E-state index contributed by atoms with van der Waals surface area (Å²) in [5.74, 6) is 0. The van der Waals surface area contributed by atoms with E-state index < -0.39 is 0 Å². The first kappa shape index (κ1) is 22.5. The highest BCUT2D eigenvalue weighted by atomic mass is 35.5. The Kier molecular flexibility index (Phi) is 14.7. The third kappa shape index (κ3) is 12.5. The molecule has 0 atom stereocenters. The van der Waals surface area contributed by atoms with Gasteiger partial charge in [0.05, 0.1) is 20.6 Å². The van der Waals surface area contributed by atoms with E-state index in [-0.39, 0.29) is 12.4 Å². The fourth-order valence-electron chi connectivity index (χ4n) is 3.10. The van der Waals surface area contributed by atoms with Crippen molar-refractivity contribution in [2.45, 2.75) is 77.6 Å². The minimum Gasteiger partial charge on any atom is -1.00 e. The highest BCUT2D eigenvalue weighted by molar-refractivity contribution is 5.25. The number of halogens is 1. The molecule has 0 saturated carbocycles. The summed E-state index contributed by atoms with van der Waals surface area (Å²) in [7, 11) is 4.50. The molecule has 0 bridgehead atoms. The average Bonchev–Trinajstić information content (AvgIpc) is 2.49. The van der Waals surface area contributed by atoms with Gasteiger partial charge in [-0.25, -0.2) is 0 Å². The minimum atomic E-state index is 0. The monoisotopic (exact) mass is 339 g/mol. The van der Waals surface area contributed by atoms with Gasteiger partial charge in [-0.3, -0.25) is 0 Å². The van der Waals surface area contributed by atoms with Crippen LogP contribution in [-0.2, 0) is 6.42 Å². The zero-order valence-electron chi connectivity index (χ0n) is 15.7. The highest BCUT2D eigenvalue weighted by Crippen LogP contribution is 2.14. The number of rotatable bonds is 13.